The normalized spacial score (nSPS) is 14.7. The molecule has 1 saturated carbocycles. The highest BCUT2D eigenvalue weighted by molar-refractivity contribution is 5.78. The predicted octanol–water partition coefficient (Wildman–Crippen LogP) is 2.17. The molecule has 2 amide bonds. The Balaban J connectivity index is 1.51. The third-order valence-corrected chi connectivity index (χ3v) is 4.14. The minimum absolute atomic E-state index is 0.0556. The lowest BCUT2D eigenvalue weighted by Gasteiger charge is -2.09. The van der Waals surface area contributed by atoms with Crippen molar-refractivity contribution in [3.8, 4) is 0 Å². The van der Waals surface area contributed by atoms with E-state index in [4.69, 9.17) is 0 Å². The van der Waals surface area contributed by atoms with Crippen LogP contribution in [0, 0.1) is 5.92 Å². The fraction of sp³-hybridized carbons (Fsp3) is 0.588. The van der Waals surface area contributed by atoms with Crippen LogP contribution in [0.2, 0.25) is 0 Å². The Labute approximate surface area is 131 Å². The molecule has 22 heavy (non-hydrogen) atoms. The zero-order valence-corrected chi connectivity index (χ0v) is 13.0. The number of nitrogens with one attached hydrogen (secondary N) is 2. The smallest absolute Gasteiger partial charge is 0.222 e. The van der Waals surface area contributed by atoms with Crippen molar-refractivity contribution >= 4 is 11.8 Å². The minimum Gasteiger partial charge on any atom is -0.356 e. The van der Waals surface area contributed by atoms with Crippen molar-refractivity contribution in [1.29, 1.82) is 0 Å². The number of nitrogens with zero attached hydrogens (tertiary/aromatic N) is 1. The highest BCUT2D eigenvalue weighted by Crippen LogP contribution is 2.28. The van der Waals surface area contributed by atoms with Gasteiger partial charge in [-0.15, -0.1) is 0 Å². The topological polar surface area (TPSA) is 71.1 Å². The van der Waals surface area contributed by atoms with Crippen molar-refractivity contribution in [2.45, 2.75) is 51.5 Å². The maximum absolute atomic E-state index is 11.7. The first kappa shape index (κ1) is 16.5. The summed E-state index contributed by atoms with van der Waals surface area (Å²) in [5.41, 5.74) is 0.969. The van der Waals surface area contributed by atoms with Crippen LogP contribution < -0.4 is 10.6 Å². The van der Waals surface area contributed by atoms with Crippen LogP contribution in [-0.4, -0.2) is 23.3 Å². The predicted molar refractivity (Wildman–Crippen MR) is 84.9 cm³/mol. The first-order valence-electron chi connectivity index (χ1n) is 8.16. The summed E-state index contributed by atoms with van der Waals surface area (Å²) in [7, 11) is 0. The van der Waals surface area contributed by atoms with Gasteiger partial charge in [0.1, 0.15) is 0 Å². The Morgan fingerprint density at radius 1 is 1.14 bits per heavy atom. The molecular formula is C17H25N3O2. The van der Waals surface area contributed by atoms with Crippen LogP contribution in [0.5, 0.6) is 0 Å². The third kappa shape index (κ3) is 6.24. The van der Waals surface area contributed by atoms with E-state index in [1.54, 1.807) is 12.4 Å². The van der Waals surface area contributed by atoms with Gasteiger partial charge in [0.05, 0.1) is 0 Å². The number of carbonyl (C=O) groups is 2. The summed E-state index contributed by atoms with van der Waals surface area (Å²) in [5.74, 6) is 0.737. The van der Waals surface area contributed by atoms with Gasteiger partial charge in [-0.1, -0.05) is 31.7 Å². The Hall–Kier alpha value is -1.91. The van der Waals surface area contributed by atoms with E-state index >= 15 is 0 Å². The first-order valence-corrected chi connectivity index (χ1v) is 8.16. The summed E-state index contributed by atoms with van der Waals surface area (Å²) in [6.45, 7) is 0.880. The van der Waals surface area contributed by atoms with E-state index in [0.29, 0.717) is 25.9 Å². The number of aromatic nitrogens is 1. The molecule has 1 aromatic rings. The molecule has 0 saturated heterocycles. The largest absolute Gasteiger partial charge is 0.356 e. The van der Waals surface area contributed by atoms with Gasteiger partial charge in [-0.2, -0.15) is 0 Å². The lowest BCUT2D eigenvalue weighted by atomic mass is 10.0. The number of rotatable bonds is 8. The molecule has 120 valence electrons. The Kier molecular flexibility index (Phi) is 6.87. The zero-order valence-electron chi connectivity index (χ0n) is 13.0. The molecule has 5 heteroatoms. The van der Waals surface area contributed by atoms with Crippen LogP contribution in [0.1, 0.15) is 50.5 Å². The molecule has 0 spiro atoms. The van der Waals surface area contributed by atoms with E-state index < -0.39 is 0 Å². The number of carbonyl (C=O) groups excluding carboxylic acids is 2. The molecule has 0 radical (unpaired) electrons. The second-order valence-electron chi connectivity index (χ2n) is 5.93. The molecule has 1 fully saturated rings. The lowest BCUT2D eigenvalue weighted by Crippen LogP contribution is -2.30. The molecule has 0 atom stereocenters. The summed E-state index contributed by atoms with van der Waals surface area (Å²) < 4.78 is 0. The van der Waals surface area contributed by atoms with Gasteiger partial charge in [-0.25, -0.2) is 0 Å². The summed E-state index contributed by atoms with van der Waals surface area (Å²) in [4.78, 5) is 27.4. The summed E-state index contributed by atoms with van der Waals surface area (Å²) in [6.07, 6.45) is 10.5. The fourth-order valence-corrected chi connectivity index (χ4v) is 2.83. The fourth-order valence-electron chi connectivity index (χ4n) is 2.83. The molecule has 2 N–H and O–H groups in total. The molecule has 0 aromatic carbocycles. The second-order valence-corrected chi connectivity index (χ2v) is 5.93. The van der Waals surface area contributed by atoms with Crippen LogP contribution in [0.25, 0.3) is 0 Å². The highest BCUT2D eigenvalue weighted by atomic mass is 16.2. The molecule has 5 nitrogen and oxygen atoms in total. The second kappa shape index (κ2) is 9.18. The number of hydrogen-bond acceptors (Lipinski definition) is 3. The van der Waals surface area contributed by atoms with Crippen molar-refractivity contribution in [3.05, 3.63) is 30.1 Å². The zero-order chi connectivity index (χ0) is 15.6. The van der Waals surface area contributed by atoms with Gasteiger partial charge >= 0.3 is 0 Å². The molecule has 1 aliphatic rings. The van der Waals surface area contributed by atoms with E-state index in [2.05, 4.69) is 15.6 Å². The number of amides is 2. The quantitative estimate of drug-likeness (QED) is 0.773. The van der Waals surface area contributed by atoms with Gasteiger partial charge in [0, 0.05) is 38.3 Å². The van der Waals surface area contributed by atoms with Crippen molar-refractivity contribution in [2.75, 3.05) is 6.54 Å². The van der Waals surface area contributed by atoms with E-state index in [1.807, 2.05) is 12.1 Å². The Bertz CT molecular complexity index is 470. The number of hydrogen-bond donors (Lipinski definition) is 2. The molecule has 1 aromatic heterocycles. The van der Waals surface area contributed by atoms with Crippen LogP contribution >= 0.6 is 0 Å². The van der Waals surface area contributed by atoms with E-state index in [0.717, 1.165) is 17.9 Å². The summed E-state index contributed by atoms with van der Waals surface area (Å²) in [6, 6.07) is 3.75. The van der Waals surface area contributed by atoms with Crippen molar-refractivity contribution in [3.63, 3.8) is 0 Å². The van der Waals surface area contributed by atoms with E-state index in [-0.39, 0.29) is 11.8 Å². The van der Waals surface area contributed by atoms with Gasteiger partial charge in [-0.05, 0) is 24.0 Å². The van der Waals surface area contributed by atoms with Crippen molar-refractivity contribution < 1.29 is 9.59 Å². The van der Waals surface area contributed by atoms with Gasteiger partial charge in [0.2, 0.25) is 11.8 Å². The molecule has 1 aliphatic carbocycles. The summed E-state index contributed by atoms with van der Waals surface area (Å²) >= 11 is 0. The average Bonchev–Trinajstić information content (AvgIpc) is 3.05. The Morgan fingerprint density at radius 3 is 2.64 bits per heavy atom. The van der Waals surface area contributed by atoms with Gasteiger partial charge in [0.15, 0.2) is 0 Å². The average molecular weight is 303 g/mol. The molecule has 0 aliphatic heterocycles. The van der Waals surface area contributed by atoms with E-state index in [1.165, 1.54) is 25.7 Å². The van der Waals surface area contributed by atoms with Crippen LogP contribution in [0.3, 0.4) is 0 Å². The van der Waals surface area contributed by atoms with Gasteiger partial charge < -0.3 is 10.6 Å². The third-order valence-electron chi connectivity index (χ3n) is 4.14. The molecule has 0 unspecified atom stereocenters. The molecule has 0 bridgehead atoms. The highest BCUT2D eigenvalue weighted by Gasteiger charge is 2.16. The van der Waals surface area contributed by atoms with E-state index in [9.17, 15) is 9.59 Å². The van der Waals surface area contributed by atoms with Crippen molar-refractivity contribution in [2.24, 2.45) is 5.92 Å². The Morgan fingerprint density at radius 2 is 1.91 bits per heavy atom. The summed E-state index contributed by atoms with van der Waals surface area (Å²) in [5, 5.41) is 5.64. The lowest BCUT2D eigenvalue weighted by molar-refractivity contribution is -0.122. The number of pyridine rings is 1. The van der Waals surface area contributed by atoms with Crippen LogP contribution in [0.15, 0.2) is 24.5 Å². The first-order chi connectivity index (χ1) is 10.7. The van der Waals surface area contributed by atoms with Crippen LogP contribution in [-0.2, 0) is 16.1 Å². The monoisotopic (exact) mass is 303 g/mol. The van der Waals surface area contributed by atoms with Crippen LogP contribution in [0.4, 0.5) is 0 Å². The van der Waals surface area contributed by atoms with Gasteiger partial charge in [0.25, 0.3) is 0 Å². The molecular weight excluding hydrogens is 278 g/mol. The van der Waals surface area contributed by atoms with Crippen molar-refractivity contribution in [1.82, 2.24) is 15.6 Å². The minimum atomic E-state index is -0.0556. The molecule has 2 rings (SSSR count). The maximum atomic E-state index is 11.7. The maximum Gasteiger partial charge on any atom is 0.222 e. The van der Waals surface area contributed by atoms with Gasteiger partial charge in [-0.3, -0.25) is 14.6 Å². The SMILES string of the molecule is O=C(CCC1CCCC1)NCCC(=O)NCc1cccnc1. The standard InChI is InChI=1S/C17H25N3O2/c21-16(8-7-14-4-1-2-5-14)19-11-9-17(22)20-13-15-6-3-10-18-12-15/h3,6,10,12,14H,1-2,4-5,7-9,11,13H2,(H,19,21)(H,20,22). The molecule has 1 heterocycles.